The van der Waals surface area contributed by atoms with Crippen LogP contribution in [0.5, 0.6) is 0 Å². The van der Waals surface area contributed by atoms with Crippen molar-refractivity contribution >= 4 is 34.8 Å². The van der Waals surface area contributed by atoms with Crippen LogP contribution in [0.25, 0.3) is 0 Å². The van der Waals surface area contributed by atoms with Gasteiger partial charge in [0.15, 0.2) is 0 Å². The second-order valence-electron chi connectivity index (χ2n) is 3.47. The number of hydrogen-bond acceptors (Lipinski definition) is 0. The standard InChI is InChI=1S/C12H13Cl3/c1-2-3-4-5-6-9-7-10(13)12(15)11(14)8-9/h1,7-8H,2-6H2. The maximum Gasteiger partial charge on any atom is 0.0778 e. The third-order valence-electron chi connectivity index (χ3n) is 2.21. The van der Waals surface area contributed by atoms with Crippen LogP contribution in [0.2, 0.25) is 15.1 Å². The van der Waals surface area contributed by atoms with Gasteiger partial charge < -0.3 is 0 Å². The highest BCUT2D eigenvalue weighted by molar-refractivity contribution is 6.48. The first-order chi connectivity index (χ1) is 7.15. The summed E-state index contributed by atoms with van der Waals surface area (Å²) in [4.78, 5) is 0. The predicted molar refractivity (Wildman–Crippen MR) is 67.9 cm³/mol. The SMILES string of the molecule is [CH]CCCCCc1cc(Cl)c(Cl)c(Cl)c1. The van der Waals surface area contributed by atoms with Gasteiger partial charge in [-0.25, -0.2) is 0 Å². The van der Waals surface area contributed by atoms with E-state index in [1.807, 2.05) is 12.1 Å². The molecule has 1 rings (SSSR count). The van der Waals surface area contributed by atoms with Crippen LogP contribution in [0, 0.1) is 6.92 Å². The Hall–Kier alpha value is 0.0900. The topological polar surface area (TPSA) is 0 Å². The van der Waals surface area contributed by atoms with Gasteiger partial charge in [0.1, 0.15) is 0 Å². The molecule has 0 unspecified atom stereocenters. The lowest BCUT2D eigenvalue weighted by Gasteiger charge is -2.05. The monoisotopic (exact) mass is 262 g/mol. The Labute approximate surface area is 107 Å². The lowest BCUT2D eigenvalue weighted by Crippen LogP contribution is -1.87. The Morgan fingerprint density at radius 2 is 1.53 bits per heavy atom. The number of aryl methyl sites for hydroxylation is 1. The minimum Gasteiger partial charge on any atom is -0.0826 e. The van der Waals surface area contributed by atoms with Crippen molar-refractivity contribution < 1.29 is 0 Å². The summed E-state index contributed by atoms with van der Waals surface area (Å²) < 4.78 is 0. The molecule has 0 spiro atoms. The van der Waals surface area contributed by atoms with Crippen molar-refractivity contribution in [3.63, 3.8) is 0 Å². The molecule has 0 saturated carbocycles. The van der Waals surface area contributed by atoms with Crippen molar-refractivity contribution in [2.45, 2.75) is 32.1 Å². The van der Waals surface area contributed by atoms with Crippen LogP contribution in [-0.4, -0.2) is 0 Å². The van der Waals surface area contributed by atoms with Crippen molar-refractivity contribution in [1.29, 1.82) is 0 Å². The second kappa shape index (κ2) is 6.62. The summed E-state index contributed by atoms with van der Waals surface area (Å²) in [6, 6.07) is 3.75. The van der Waals surface area contributed by atoms with Crippen LogP contribution < -0.4 is 0 Å². The predicted octanol–water partition coefficient (Wildman–Crippen LogP) is 5.46. The van der Waals surface area contributed by atoms with Crippen LogP contribution in [0.4, 0.5) is 0 Å². The van der Waals surface area contributed by atoms with Crippen molar-refractivity contribution in [1.82, 2.24) is 0 Å². The molecule has 0 bridgehead atoms. The first kappa shape index (κ1) is 13.2. The Kier molecular flexibility index (Phi) is 5.81. The van der Waals surface area contributed by atoms with E-state index in [1.54, 1.807) is 0 Å². The van der Waals surface area contributed by atoms with Gasteiger partial charge in [0.2, 0.25) is 0 Å². The maximum absolute atomic E-state index is 5.92. The molecule has 0 aromatic heterocycles. The van der Waals surface area contributed by atoms with E-state index in [2.05, 4.69) is 0 Å². The summed E-state index contributed by atoms with van der Waals surface area (Å²) in [6.07, 6.45) is 5.02. The fourth-order valence-electron chi connectivity index (χ4n) is 1.40. The summed E-state index contributed by atoms with van der Waals surface area (Å²) in [7, 11) is 0. The Morgan fingerprint density at radius 3 is 2.07 bits per heavy atom. The minimum atomic E-state index is 0.434. The zero-order chi connectivity index (χ0) is 11.3. The number of benzene rings is 1. The third kappa shape index (κ3) is 4.22. The zero-order valence-corrected chi connectivity index (χ0v) is 10.7. The van der Waals surface area contributed by atoms with E-state index >= 15 is 0 Å². The molecule has 0 amide bonds. The highest BCUT2D eigenvalue weighted by atomic mass is 35.5. The summed E-state index contributed by atoms with van der Waals surface area (Å²) in [5.74, 6) is 0. The van der Waals surface area contributed by atoms with E-state index in [9.17, 15) is 0 Å². The van der Waals surface area contributed by atoms with Gasteiger partial charge in [-0.1, -0.05) is 47.6 Å². The zero-order valence-electron chi connectivity index (χ0n) is 8.40. The third-order valence-corrected chi connectivity index (χ3v) is 3.41. The molecule has 0 atom stereocenters. The molecule has 0 aliphatic carbocycles. The molecule has 0 aliphatic heterocycles. The number of halogens is 3. The van der Waals surface area contributed by atoms with Crippen LogP contribution in [0.3, 0.4) is 0 Å². The van der Waals surface area contributed by atoms with Crippen molar-refractivity contribution in [2.24, 2.45) is 0 Å². The van der Waals surface area contributed by atoms with E-state index < -0.39 is 0 Å². The molecular formula is C12H13Cl3. The van der Waals surface area contributed by atoms with Crippen LogP contribution in [0.1, 0.15) is 31.2 Å². The Morgan fingerprint density at radius 1 is 0.933 bits per heavy atom. The summed E-state index contributed by atoms with van der Waals surface area (Å²) in [6.45, 7) is 5.42. The Balaban J connectivity index is 2.55. The van der Waals surface area contributed by atoms with Gasteiger partial charge in [0, 0.05) is 0 Å². The first-order valence-electron chi connectivity index (χ1n) is 4.98. The normalized spacial score (nSPS) is 10.7. The molecule has 82 valence electrons. The quantitative estimate of drug-likeness (QED) is 0.489. The summed E-state index contributed by atoms with van der Waals surface area (Å²) in [5.41, 5.74) is 1.13. The smallest absolute Gasteiger partial charge is 0.0778 e. The van der Waals surface area contributed by atoms with E-state index in [0.717, 1.165) is 37.7 Å². The lowest BCUT2D eigenvalue weighted by atomic mass is 10.1. The molecule has 1 aromatic carbocycles. The van der Waals surface area contributed by atoms with Crippen LogP contribution >= 0.6 is 34.8 Å². The fraction of sp³-hybridized carbons (Fsp3) is 0.417. The molecule has 0 fully saturated rings. The highest BCUT2D eigenvalue weighted by Gasteiger charge is 2.05. The van der Waals surface area contributed by atoms with Crippen molar-refractivity contribution in [3.8, 4) is 0 Å². The van der Waals surface area contributed by atoms with Crippen LogP contribution in [-0.2, 0) is 6.42 Å². The molecular weight excluding hydrogens is 250 g/mol. The van der Waals surface area contributed by atoms with Gasteiger partial charge in [0.05, 0.1) is 15.1 Å². The number of rotatable bonds is 5. The number of unbranched alkanes of at least 4 members (excludes halogenated alkanes) is 3. The van der Waals surface area contributed by atoms with Gasteiger partial charge in [-0.2, -0.15) is 0 Å². The molecule has 15 heavy (non-hydrogen) atoms. The minimum absolute atomic E-state index is 0.434. The molecule has 0 N–H and O–H groups in total. The van der Waals surface area contributed by atoms with E-state index in [0.29, 0.717) is 15.1 Å². The van der Waals surface area contributed by atoms with Crippen molar-refractivity contribution in [3.05, 3.63) is 39.7 Å². The first-order valence-corrected chi connectivity index (χ1v) is 6.12. The second-order valence-corrected chi connectivity index (χ2v) is 4.67. The summed E-state index contributed by atoms with van der Waals surface area (Å²) in [5, 5.41) is 1.49. The Bertz CT molecular complexity index is 298. The molecule has 0 heterocycles. The highest BCUT2D eigenvalue weighted by Crippen LogP contribution is 2.31. The number of hydrogen-bond donors (Lipinski definition) is 0. The lowest BCUT2D eigenvalue weighted by molar-refractivity contribution is 0.686. The molecule has 0 aliphatic rings. The average Bonchev–Trinajstić information content (AvgIpc) is 2.21. The largest absolute Gasteiger partial charge is 0.0826 e. The van der Waals surface area contributed by atoms with Gasteiger partial charge in [-0.05, 0) is 43.9 Å². The summed E-state index contributed by atoms with van der Waals surface area (Å²) >= 11 is 17.7. The van der Waals surface area contributed by atoms with E-state index in [1.165, 1.54) is 0 Å². The maximum atomic E-state index is 5.92. The van der Waals surface area contributed by atoms with Crippen LogP contribution in [0.15, 0.2) is 12.1 Å². The molecule has 2 radical (unpaired) electrons. The van der Waals surface area contributed by atoms with E-state index in [4.69, 9.17) is 41.7 Å². The molecule has 0 nitrogen and oxygen atoms in total. The van der Waals surface area contributed by atoms with Gasteiger partial charge in [-0.15, -0.1) is 0 Å². The molecule has 3 heteroatoms. The fourth-order valence-corrected chi connectivity index (χ4v) is 2.04. The average molecular weight is 264 g/mol. The van der Waals surface area contributed by atoms with Gasteiger partial charge >= 0.3 is 0 Å². The molecule has 1 aromatic rings. The van der Waals surface area contributed by atoms with E-state index in [-0.39, 0.29) is 0 Å². The van der Waals surface area contributed by atoms with Gasteiger partial charge in [0.25, 0.3) is 0 Å². The van der Waals surface area contributed by atoms with Gasteiger partial charge in [-0.3, -0.25) is 0 Å². The van der Waals surface area contributed by atoms with Crippen molar-refractivity contribution in [2.75, 3.05) is 0 Å². The molecule has 0 saturated heterocycles.